The Bertz CT molecular complexity index is 4280. The smallest absolute Gasteiger partial charge is 0.387 e. The van der Waals surface area contributed by atoms with Crippen molar-refractivity contribution in [2.24, 2.45) is 5.92 Å². The molecule has 1 saturated carbocycles. The standard InChI is InChI=1S/C20H18N4O2S2.C14H19NO2S3.C12H17NO2S.C11H13N3OS2.C7H12O.C5H7NO2.H2S/c1-11-3-2-4-14-16-18(28-17(11)14)23-20(24(22)19(16)26)27-10-15(25)13-7-5-12(9-21)6-8-13;1-4-17-13(16)10-9-7-5-6-8(2)11(9)20-12(10)15-14(18)19-3;1-3-15-12(14)9-8-6-4-5-7(2)10(8)16-11(9)13;1-5-3-2-4-6-7-9(17-8(5)6)13-11(16)14(12)10(7)15;1-6-3-2-4-7(8)5-6;1-3-8-5(7)4-6-2;/h5-8,11H,2-4,10,22H2,1H3;8H,4-7H2,1-3H3,(H,15,18);7H,3-6,13H2,1-2H3;5H,2-4,12H2,1H3,(H,13,16);6H,2-5H2,1H3;3-4H2,1H3;1H2. The Hall–Kier alpha value is -6.41. The summed E-state index contributed by atoms with van der Waals surface area (Å²) in [6, 6.07) is 8.50. The van der Waals surface area contributed by atoms with E-state index < -0.39 is 5.97 Å². The number of aromatic amines is 1. The number of benzene rings is 1. The Morgan fingerprint density at radius 2 is 1.22 bits per heavy atom. The molecule has 528 valence electrons. The third-order valence-electron chi connectivity index (χ3n) is 17.2. The minimum atomic E-state index is -0.442. The van der Waals surface area contributed by atoms with Gasteiger partial charge in [0, 0.05) is 37.9 Å². The van der Waals surface area contributed by atoms with Gasteiger partial charge >= 0.3 is 24.5 Å². The van der Waals surface area contributed by atoms with E-state index in [1.807, 2.05) is 26.2 Å². The van der Waals surface area contributed by atoms with Crippen LogP contribution in [0.2, 0.25) is 0 Å². The number of hydrogen-bond donors (Lipinski definition) is 5. The molecule has 7 aromatic rings. The van der Waals surface area contributed by atoms with Gasteiger partial charge in [0.05, 0.1) is 59.1 Å². The van der Waals surface area contributed by atoms with Crippen LogP contribution in [-0.2, 0) is 49.5 Å². The van der Waals surface area contributed by atoms with Crippen LogP contribution >= 0.6 is 107 Å². The number of carbonyl (C=O) groups excluding carboxylic acids is 5. The molecule has 0 saturated heterocycles. The topological polar surface area (TPSA) is 304 Å². The lowest BCUT2D eigenvalue weighted by atomic mass is 9.88. The average molecular weight is 1510 g/mol. The van der Waals surface area contributed by atoms with Crippen molar-refractivity contribution in [1.29, 1.82) is 5.26 Å². The highest BCUT2D eigenvalue weighted by Crippen LogP contribution is 2.46. The number of Topliss-reactive ketones (excluding diaryl/α,β-unsaturated/α-hetero) is 2. The average Bonchev–Trinajstić information content (AvgIpc) is 1.61. The van der Waals surface area contributed by atoms with Crippen LogP contribution in [0.4, 0.5) is 10.0 Å². The van der Waals surface area contributed by atoms with Gasteiger partial charge in [-0.15, -0.1) is 57.1 Å². The predicted molar refractivity (Wildman–Crippen MR) is 413 cm³/mol. The zero-order valence-electron chi connectivity index (χ0n) is 56.9. The molecule has 29 heteroatoms. The summed E-state index contributed by atoms with van der Waals surface area (Å²) < 4.78 is 17.8. The van der Waals surface area contributed by atoms with Crippen LogP contribution in [0, 0.1) is 28.6 Å². The van der Waals surface area contributed by atoms with Gasteiger partial charge in [-0.3, -0.25) is 19.2 Å². The van der Waals surface area contributed by atoms with Crippen molar-refractivity contribution in [3.63, 3.8) is 0 Å². The minimum absolute atomic E-state index is 0. The number of carbonyl (C=O) groups is 5. The second kappa shape index (κ2) is 38.4. The van der Waals surface area contributed by atoms with Crippen LogP contribution in [-0.4, -0.2) is 91.5 Å². The van der Waals surface area contributed by atoms with Crippen molar-refractivity contribution in [2.75, 3.05) is 61.1 Å². The van der Waals surface area contributed by atoms with Crippen LogP contribution in [0.15, 0.2) is 39.0 Å². The molecule has 5 aliphatic rings. The number of ketones is 2. The second-order valence-corrected chi connectivity index (χ2v) is 31.3. The summed E-state index contributed by atoms with van der Waals surface area (Å²) in [4.78, 5) is 99.6. The number of nitrogen functional groups attached to an aromatic ring is 3. The van der Waals surface area contributed by atoms with Crippen molar-refractivity contribution in [2.45, 2.75) is 187 Å². The van der Waals surface area contributed by atoms with E-state index >= 15 is 0 Å². The monoisotopic (exact) mass is 1500 g/mol. The normalized spacial score (nSPS) is 17.7. The number of aromatic nitrogens is 4. The Morgan fingerprint density at radius 3 is 1.74 bits per heavy atom. The molecule has 98 heavy (non-hydrogen) atoms. The highest BCUT2D eigenvalue weighted by molar-refractivity contribution is 8.22. The van der Waals surface area contributed by atoms with Crippen LogP contribution in [0.5, 0.6) is 0 Å². The van der Waals surface area contributed by atoms with Gasteiger partial charge in [-0.25, -0.2) is 30.6 Å². The molecule has 0 amide bonds. The number of fused-ring (bicyclic) bond motifs is 8. The van der Waals surface area contributed by atoms with Gasteiger partial charge in [0.1, 0.15) is 29.8 Å². The summed E-state index contributed by atoms with van der Waals surface area (Å²) in [5.74, 6) is 13.9. The van der Waals surface area contributed by atoms with Crippen molar-refractivity contribution < 1.29 is 38.2 Å². The number of nitrogens with zero attached hydrogens (tertiary/aromatic N) is 5. The van der Waals surface area contributed by atoms with Gasteiger partial charge in [-0.2, -0.15) is 23.4 Å². The number of esters is 3. The lowest BCUT2D eigenvalue weighted by Crippen LogP contribution is -2.30. The fourth-order valence-electron chi connectivity index (χ4n) is 12.4. The fourth-order valence-corrected chi connectivity index (χ4v) is 19.0. The SMILES string of the molecule is CC1CCCC(=O)C1.CC1CCCc2c1sc1[nH]c(=S)n(N)c(=O)c21.CC1CCCc2c1sc1nc(SCC(=O)c3ccc(C#N)cc3)n(N)c(=O)c21.CCOC(=O)c1c(N)sc2c1CCCC2C.CCOC(=O)c1c(NC(=S)SC)sc2c1CCCC2C.S.[C-]#[N+]CC(=O)OCC. The van der Waals surface area contributed by atoms with E-state index in [0.29, 0.717) is 102 Å². The molecule has 5 aliphatic carbocycles. The maximum absolute atomic E-state index is 12.8. The number of thiophene rings is 4. The maximum Gasteiger partial charge on any atom is 0.387 e. The molecule has 1 fully saturated rings. The predicted octanol–water partition coefficient (Wildman–Crippen LogP) is 15.5. The molecule has 6 heterocycles. The van der Waals surface area contributed by atoms with Crippen molar-refractivity contribution in [3.05, 3.63) is 125 Å². The number of anilines is 2. The number of nitriles is 1. The number of ether oxygens (including phenoxy) is 3. The van der Waals surface area contributed by atoms with E-state index in [0.717, 1.165) is 125 Å². The zero-order valence-corrected chi connectivity index (χ0v) is 64.4. The summed E-state index contributed by atoms with van der Waals surface area (Å²) in [6.07, 6.45) is 18.9. The summed E-state index contributed by atoms with van der Waals surface area (Å²) >= 11 is 19.3. The Kier molecular flexibility index (Phi) is 31.6. The number of nitrogens with two attached hydrogens (primary N) is 3. The van der Waals surface area contributed by atoms with E-state index in [-0.39, 0.29) is 59.4 Å². The Morgan fingerprint density at radius 1 is 0.724 bits per heavy atom. The lowest BCUT2D eigenvalue weighted by Gasteiger charge is -2.18. The second-order valence-electron chi connectivity index (χ2n) is 24.3. The Balaban J connectivity index is 0.000000194. The first-order valence-corrected chi connectivity index (χ1v) is 39.0. The zero-order chi connectivity index (χ0) is 70.8. The first-order chi connectivity index (χ1) is 46.4. The van der Waals surface area contributed by atoms with Crippen molar-refractivity contribution >= 4 is 171 Å². The highest BCUT2D eigenvalue weighted by Gasteiger charge is 2.32. The molecule has 0 aliphatic heterocycles. The van der Waals surface area contributed by atoms with Crippen LogP contribution in [0.1, 0.15) is 235 Å². The molecule has 0 spiro atoms. The van der Waals surface area contributed by atoms with Gasteiger partial charge in [0.15, 0.2) is 15.7 Å². The molecule has 6 aromatic heterocycles. The number of hydrogen-bond acceptors (Lipinski definition) is 23. The van der Waals surface area contributed by atoms with Gasteiger partial charge < -0.3 is 46.8 Å². The maximum atomic E-state index is 12.8. The van der Waals surface area contributed by atoms with Gasteiger partial charge in [-0.05, 0) is 193 Å². The van der Waals surface area contributed by atoms with E-state index in [4.69, 9.17) is 63.2 Å². The van der Waals surface area contributed by atoms with E-state index in [1.165, 1.54) is 68.1 Å². The number of thiocarbonyl (C=S) groups is 1. The molecule has 0 radical (unpaired) electrons. The molecule has 5 unspecified atom stereocenters. The summed E-state index contributed by atoms with van der Waals surface area (Å²) in [7, 11) is 0. The molecule has 8 N–H and O–H groups in total. The number of H-pyrrole nitrogens is 1. The molecule has 20 nitrogen and oxygen atoms in total. The quantitative estimate of drug-likeness (QED) is 0.0117. The van der Waals surface area contributed by atoms with Gasteiger partial charge in [-0.1, -0.05) is 70.7 Å². The number of aryl methyl sites for hydroxylation is 2. The third kappa shape index (κ3) is 20.2. The van der Waals surface area contributed by atoms with E-state index in [2.05, 4.69) is 59.5 Å². The van der Waals surface area contributed by atoms with Crippen LogP contribution in [0.3, 0.4) is 0 Å². The van der Waals surface area contributed by atoms with Crippen molar-refractivity contribution in [3.8, 4) is 6.07 Å². The molecule has 0 bridgehead atoms. The Labute approximate surface area is 614 Å². The van der Waals surface area contributed by atoms with E-state index in [1.54, 1.807) is 76.5 Å². The van der Waals surface area contributed by atoms with Crippen molar-refractivity contribution in [1.82, 2.24) is 19.3 Å². The number of thioether (sulfide) groups is 2. The molecule has 12 rings (SSSR count). The first kappa shape index (κ1) is 80.6. The summed E-state index contributed by atoms with van der Waals surface area (Å²) in [6.45, 7) is 23.5. The number of rotatable bonds is 11. The molecular formula is C69H88N10O10S9. The lowest BCUT2D eigenvalue weighted by molar-refractivity contribution is -0.140. The first-order valence-electron chi connectivity index (χ1n) is 32.7. The van der Waals surface area contributed by atoms with Gasteiger partial charge in [0.25, 0.3) is 11.1 Å². The molecule has 5 atom stereocenters. The van der Waals surface area contributed by atoms with Gasteiger partial charge in [0.2, 0.25) is 0 Å². The van der Waals surface area contributed by atoms with Crippen LogP contribution < -0.4 is 33.9 Å². The molecule has 1 aromatic carbocycles. The summed E-state index contributed by atoms with van der Waals surface area (Å²) in [5.41, 5.74) is 12.4. The highest BCUT2D eigenvalue weighted by atomic mass is 32.2. The number of nitrogens with one attached hydrogen (secondary N) is 2. The minimum Gasteiger partial charge on any atom is -0.462 e. The van der Waals surface area contributed by atoms with Crippen LogP contribution in [0.25, 0.3) is 25.3 Å². The largest absolute Gasteiger partial charge is 0.462 e. The molecular weight excluding hydrogens is 1420 g/mol. The van der Waals surface area contributed by atoms with E-state index in [9.17, 15) is 33.6 Å². The summed E-state index contributed by atoms with van der Waals surface area (Å²) in [5, 5.41) is 15.2. The fraction of sp³-hybridized carbons (Fsp3) is 0.507. The third-order valence-corrected chi connectivity index (χ3v) is 24.9.